The highest BCUT2D eigenvalue weighted by Gasteiger charge is 2.16. The number of nitrogen functional groups attached to an aromatic ring is 1. The molecule has 0 aliphatic rings. The summed E-state index contributed by atoms with van der Waals surface area (Å²) in [5, 5.41) is 9.14. The lowest BCUT2D eigenvalue weighted by molar-refractivity contribution is 0.416. The summed E-state index contributed by atoms with van der Waals surface area (Å²) in [7, 11) is 1.59. The fraction of sp³-hybridized carbons (Fsp3) is 0.125. The van der Waals surface area contributed by atoms with Crippen LogP contribution in [0.2, 0.25) is 5.02 Å². The first-order valence-corrected chi connectivity index (χ1v) is 8.37. The number of ether oxygens (including phenoxy) is 1. The molecule has 0 saturated carbocycles. The number of methoxy groups -OCH3 is 1. The standard InChI is InChI=1S/C16H14ClFN4OS/c1-23-14-5-3-2-4-12(14)15-20-21-16(22(15)19)24-9-10-6-7-11(18)8-13(10)17/h2-8H,9,19H2,1H3. The Morgan fingerprint density at radius 1 is 1.25 bits per heavy atom. The summed E-state index contributed by atoms with van der Waals surface area (Å²) in [5.41, 5.74) is 1.55. The van der Waals surface area contributed by atoms with Gasteiger partial charge in [-0.1, -0.05) is 41.6 Å². The molecule has 0 aliphatic heterocycles. The van der Waals surface area contributed by atoms with E-state index in [9.17, 15) is 4.39 Å². The molecule has 2 aromatic carbocycles. The van der Waals surface area contributed by atoms with E-state index in [1.807, 2.05) is 24.3 Å². The molecule has 3 rings (SSSR count). The van der Waals surface area contributed by atoms with Crippen molar-refractivity contribution in [2.75, 3.05) is 13.0 Å². The van der Waals surface area contributed by atoms with E-state index in [2.05, 4.69) is 10.2 Å². The molecule has 1 aromatic heterocycles. The fourth-order valence-corrected chi connectivity index (χ4v) is 3.34. The number of hydrogen-bond donors (Lipinski definition) is 1. The maximum absolute atomic E-state index is 13.1. The van der Waals surface area contributed by atoms with Gasteiger partial charge >= 0.3 is 0 Å². The first kappa shape index (κ1) is 16.6. The average Bonchev–Trinajstić information content (AvgIpc) is 2.94. The number of hydrogen-bond acceptors (Lipinski definition) is 5. The van der Waals surface area contributed by atoms with E-state index in [1.54, 1.807) is 13.2 Å². The molecule has 124 valence electrons. The fourth-order valence-electron chi connectivity index (χ4n) is 2.17. The summed E-state index contributed by atoms with van der Waals surface area (Å²) in [5.74, 6) is 7.40. The second-order valence-corrected chi connectivity index (χ2v) is 6.25. The maximum atomic E-state index is 13.1. The van der Waals surface area contributed by atoms with Gasteiger partial charge in [0.2, 0.25) is 5.16 Å². The van der Waals surface area contributed by atoms with Crippen molar-refractivity contribution in [3.8, 4) is 17.1 Å². The second-order valence-electron chi connectivity index (χ2n) is 4.90. The van der Waals surface area contributed by atoms with Gasteiger partial charge in [0, 0.05) is 10.8 Å². The monoisotopic (exact) mass is 364 g/mol. The zero-order chi connectivity index (χ0) is 17.1. The normalized spacial score (nSPS) is 10.8. The van der Waals surface area contributed by atoms with Crippen molar-refractivity contribution >= 4 is 23.4 Å². The summed E-state index contributed by atoms with van der Waals surface area (Å²) in [6.45, 7) is 0. The van der Waals surface area contributed by atoms with Gasteiger partial charge in [0.15, 0.2) is 5.82 Å². The Labute approximate surface area is 147 Å². The quantitative estimate of drug-likeness (QED) is 0.551. The minimum atomic E-state index is -0.366. The molecule has 0 saturated heterocycles. The van der Waals surface area contributed by atoms with Crippen LogP contribution in [-0.2, 0) is 5.75 Å². The molecular formula is C16H14ClFN4OS. The van der Waals surface area contributed by atoms with E-state index in [0.29, 0.717) is 27.5 Å². The van der Waals surface area contributed by atoms with Crippen LogP contribution in [0.4, 0.5) is 4.39 Å². The van der Waals surface area contributed by atoms with Crippen LogP contribution in [0.5, 0.6) is 5.75 Å². The molecule has 0 radical (unpaired) electrons. The van der Waals surface area contributed by atoms with Crippen molar-refractivity contribution in [1.82, 2.24) is 14.9 Å². The molecule has 3 aromatic rings. The first-order valence-electron chi connectivity index (χ1n) is 7.00. The van der Waals surface area contributed by atoms with Crippen LogP contribution < -0.4 is 10.6 Å². The van der Waals surface area contributed by atoms with E-state index >= 15 is 0 Å². The van der Waals surface area contributed by atoms with Crippen molar-refractivity contribution in [2.45, 2.75) is 10.9 Å². The number of nitrogens with two attached hydrogens (primary N) is 1. The molecule has 0 aliphatic carbocycles. The van der Waals surface area contributed by atoms with E-state index in [1.165, 1.54) is 28.6 Å². The highest BCUT2D eigenvalue weighted by molar-refractivity contribution is 7.98. The van der Waals surface area contributed by atoms with Crippen LogP contribution in [0.25, 0.3) is 11.4 Å². The lowest BCUT2D eigenvalue weighted by atomic mass is 10.2. The van der Waals surface area contributed by atoms with Crippen LogP contribution >= 0.6 is 23.4 Å². The molecule has 1 heterocycles. The molecule has 2 N–H and O–H groups in total. The molecule has 0 spiro atoms. The summed E-state index contributed by atoms with van der Waals surface area (Å²) in [6.07, 6.45) is 0. The van der Waals surface area contributed by atoms with Crippen LogP contribution in [0.15, 0.2) is 47.6 Å². The van der Waals surface area contributed by atoms with Crippen LogP contribution in [0.1, 0.15) is 5.56 Å². The minimum absolute atomic E-state index is 0.366. The van der Waals surface area contributed by atoms with Gasteiger partial charge in [0.25, 0.3) is 0 Å². The Bertz CT molecular complexity index is 871. The van der Waals surface area contributed by atoms with Crippen molar-refractivity contribution in [2.24, 2.45) is 0 Å². The topological polar surface area (TPSA) is 66.0 Å². The molecule has 0 bridgehead atoms. The Morgan fingerprint density at radius 2 is 2.04 bits per heavy atom. The highest BCUT2D eigenvalue weighted by atomic mass is 35.5. The molecule has 0 fully saturated rings. The molecule has 24 heavy (non-hydrogen) atoms. The largest absolute Gasteiger partial charge is 0.496 e. The predicted octanol–water partition coefficient (Wildman–Crippen LogP) is 3.75. The third-order valence-corrected chi connectivity index (χ3v) is 4.73. The Balaban J connectivity index is 1.83. The zero-order valence-corrected chi connectivity index (χ0v) is 14.3. The third kappa shape index (κ3) is 3.32. The van der Waals surface area contributed by atoms with Gasteiger partial charge in [0.1, 0.15) is 11.6 Å². The van der Waals surface area contributed by atoms with Gasteiger partial charge in [-0.05, 0) is 29.8 Å². The number of rotatable bonds is 5. The average molecular weight is 365 g/mol. The first-order chi connectivity index (χ1) is 11.6. The summed E-state index contributed by atoms with van der Waals surface area (Å²) >= 11 is 7.40. The number of thioether (sulfide) groups is 1. The van der Waals surface area contributed by atoms with E-state index in [-0.39, 0.29) is 5.82 Å². The maximum Gasteiger partial charge on any atom is 0.210 e. The van der Waals surface area contributed by atoms with Gasteiger partial charge in [-0.15, -0.1) is 10.2 Å². The Kier molecular flexibility index (Phi) is 4.92. The second kappa shape index (κ2) is 7.11. The number of aromatic nitrogens is 3. The molecule has 0 unspecified atom stereocenters. The molecule has 0 atom stereocenters. The van der Waals surface area contributed by atoms with Crippen LogP contribution in [0, 0.1) is 5.82 Å². The van der Waals surface area contributed by atoms with Gasteiger partial charge in [-0.2, -0.15) is 0 Å². The van der Waals surface area contributed by atoms with Gasteiger partial charge in [0.05, 0.1) is 12.7 Å². The molecular weight excluding hydrogens is 351 g/mol. The summed E-state index contributed by atoms with van der Waals surface area (Å²) < 4.78 is 19.8. The van der Waals surface area contributed by atoms with Crippen molar-refractivity contribution in [3.05, 3.63) is 58.9 Å². The smallest absolute Gasteiger partial charge is 0.210 e. The molecule has 5 nitrogen and oxygen atoms in total. The lowest BCUT2D eigenvalue weighted by Crippen LogP contribution is -2.12. The van der Waals surface area contributed by atoms with Crippen molar-refractivity contribution in [1.29, 1.82) is 0 Å². The predicted molar refractivity (Wildman–Crippen MR) is 93.1 cm³/mol. The molecule has 8 heteroatoms. The Hall–Kier alpha value is -2.25. The third-order valence-electron chi connectivity index (χ3n) is 3.38. The van der Waals surface area contributed by atoms with E-state index in [4.69, 9.17) is 22.2 Å². The highest BCUT2D eigenvalue weighted by Crippen LogP contribution is 2.31. The van der Waals surface area contributed by atoms with E-state index < -0.39 is 0 Å². The number of benzene rings is 2. The SMILES string of the molecule is COc1ccccc1-c1nnc(SCc2ccc(F)cc2Cl)n1N. The van der Waals surface area contributed by atoms with Gasteiger partial charge in [-0.25, -0.2) is 9.07 Å². The van der Waals surface area contributed by atoms with Crippen molar-refractivity contribution in [3.63, 3.8) is 0 Å². The van der Waals surface area contributed by atoms with Crippen LogP contribution in [0.3, 0.4) is 0 Å². The Morgan fingerprint density at radius 3 is 2.79 bits per heavy atom. The number of para-hydroxylation sites is 1. The summed E-state index contributed by atoms with van der Waals surface area (Å²) in [6, 6.07) is 11.7. The van der Waals surface area contributed by atoms with E-state index in [0.717, 1.165) is 11.1 Å². The van der Waals surface area contributed by atoms with Crippen LogP contribution in [-0.4, -0.2) is 22.0 Å². The summed E-state index contributed by atoms with van der Waals surface area (Å²) in [4.78, 5) is 0. The van der Waals surface area contributed by atoms with Gasteiger partial charge < -0.3 is 10.6 Å². The van der Waals surface area contributed by atoms with Crippen molar-refractivity contribution < 1.29 is 9.13 Å². The molecule has 0 amide bonds. The minimum Gasteiger partial charge on any atom is -0.496 e. The lowest BCUT2D eigenvalue weighted by Gasteiger charge is -2.08. The zero-order valence-electron chi connectivity index (χ0n) is 12.7. The number of nitrogens with zero attached hydrogens (tertiary/aromatic N) is 3. The van der Waals surface area contributed by atoms with Gasteiger partial charge in [-0.3, -0.25) is 0 Å². The number of halogens is 2.